The lowest BCUT2D eigenvalue weighted by Gasteiger charge is -2.24. The Kier molecular flexibility index (Phi) is 3.98. The summed E-state index contributed by atoms with van der Waals surface area (Å²) in [6.45, 7) is 0. The first-order valence-corrected chi connectivity index (χ1v) is 4.54. The fraction of sp³-hybridized carbons (Fsp3) is 1.00. The molecule has 12 heavy (non-hydrogen) atoms. The molecule has 0 saturated heterocycles. The van der Waals surface area contributed by atoms with Crippen LogP contribution in [0.1, 0.15) is 19.3 Å². The Bertz CT molecular complexity index is 122. The number of likely N-dealkylation sites (N-methyl/N-ethyl adjacent to an activating group) is 1. The molecule has 1 aliphatic carbocycles. The minimum atomic E-state index is -0.101. The Balaban J connectivity index is 2.29. The minimum absolute atomic E-state index is 0.101. The Morgan fingerprint density at radius 2 is 1.92 bits per heavy atom. The van der Waals surface area contributed by atoms with Crippen molar-refractivity contribution in [3.63, 3.8) is 0 Å². The Labute approximate surface area is 74.4 Å². The molecule has 1 atom stereocenters. The van der Waals surface area contributed by atoms with Crippen LogP contribution in [-0.4, -0.2) is 33.6 Å². The third-order valence-corrected chi connectivity index (χ3v) is 2.45. The maximum atomic E-state index is 5.20. The molecule has 1 aliphatic rings. The number of nitrogens with one attached hydrogen (secondary N) is 1. The molecule has 72 valence electrons. The summed E-state index contributed by atoms with van der Waals surface area (Å²) in [5.74, 6) is 0.898. The van der Waals surface area contributed by atoms with Crippen LogP contribution < -0.4 is 5.32 Å². The van der Waals surface area contributed by atoms with Crippen molar-refractivity contribution in [2.75, 3.05) is 21.3 Å². The van der Waals surface area contributed by atoms with Crippen molar-refractivity contribution in [3.8, 4) is 0 Å². The molecule has 0 aromatic rings. The normalized spacial score (nSPS) is 20.0. The van der Waals surface area contributed by atoms with Gasteiger partial charge < -0.3 is 14.8 Å². The van der Waals surface area contributed by atoms with Crippen molar-refractivity contribution >= 4 is 0 Å². The molecule has 0 aliphatic heterocycles. The van der Waals surface area contributed by atoms with Crippen LogP contribution in [0, 0.1) is 5.92 Å². The van der Waals surface area contributed by atoms with Gasteiger partial charge >= 0.3 is 0 Å². The van der Waals surface area contributed by atoms with Gasteiger partial charge in [-0.15, -0.1) is 0 Å². The second kappa shape index (κ2) is 4.80. The summed E-state index contributed by atoms with van der Waals surface area (Å²) in [4.78, 5) is 0. The molecule has 0 bridgehead atoms. The number of hydrogen-bond acceptors (Lipinski definition) is 3. The maximum absolute atomic E-state index is 5.20. The van der Waals surface area contributed by atoms with Gasteiger partial charge in [0, 0.05) is 14.2 Å². The van der Waals surface area contributed by atoms with Crippen molar-refractivity contribution in [1.29, 1.82) is 0 Å². The van der Waals surface area contributed by atoms with Crippen LogP contribution in [0.2, 0.25) is 0 Å². The van der Waals surface area contributed by atoms with Gasteiger partial charge in [-0.1, -0.05) is 12.8 Å². The van der Waals surface area contributed by atoms with E-state index in [0.29, 0.717) is 6.04 Å². The summed E-state index contributed by atoms with van der Waals surface area (Å²) in [7, 11) is 5.33. The highest BCUT2D eigenvalue weighted by molar-refractivity contribution is 4.81. The lowest BCUT2D eigenvalue weighted by molar-refractivity contribution is -0.123. The molecular weight excluding hydrogens is 154 g/mol. The van der Waals surface area contributed by atoms with Crippen LogP contribution in [0.15, 0.2) is 0 Å². The summed E-state index contributed by atoms with van der Waals surface area (Å²) < 4.78 is 10.4. The van der Waals surface area contributed by atoms with Gasteiger partial charge in [0.2, 0.25) is 0 Å². The Morgan fingerprint density at radius 3 is 2.25 bits per heavy atom. The number of methoxy groups -OCH3 is 2. The molecular formula is C9H19NO2. The van der Waals surface area contributed by atoms with Gasteiger partial charge in [-0.05, 0) is 19.4 Å². The van der Waals surface area contributed by atoms with Crippen molar-refractivity contribution in [3.05, 3.63) is 0 Å². The van der Waals surface area contributed by atoms with Crippen molar-refractivity contribution in [1.82, 2.24) is 5.32 Å². The number of rotatable bonds is 6. The van der Waals surface area contributed by atoms with E-state index in [-0.39, 0.29) is 6.29 Å². The van der Waals surface area contributed by atoms with Crippen LogP contribution in [-0.2, 0) is 9.47 Å². The van der Waals surface area contributed by atoms with E-state index >= 15 is 0 Å². The fourth-order valence-corrected chi connectivity index (χ4v) is 1.50. The molecule has 0 radical (unpaired) electrons. The minimum Gasteiger partial charge on any atom is -0.354 e. The van der Waals surface area contributed by atoms with E-state index in [9.17, 15) is 0 Å². The lowest BCUT2D eigenvalue weighted by atomic mass is 10.1. The smallest absolute Gasteiger partial charge is 0.171 e. The predicted octanol–water partition coefficient (Wildman–Crippen LogP) is 0.993. The molecule has 3 nitrogen and oxygen atoms in total. The van der Waals surface area contributed by atoms with E-state index in [1.54, 1.807) is 14.2 Å². The summed E-state index contributed by atoms with van der Waals surface area (Å²) in [6, 6.07) is 0.340. The zero-order chi connectivity index (χ0) is 8.97. The van der Waals surface area contributed by atoms with Crippen molar-refractivity contribution < 1.29 is 9.47 Å². The van der Waals surface area contributed by atoms with Gasteiger partial charge in [0.25, 0.3) is 0 Å². The van der Waals surface area contributed by atoms with E-state index in [1.807, 2.05) is 7.05 Å². The largest absolute Gasteiger partial charge is 0.354 e. The van der Waals surface area contributed by atoms with Crippen LogP contribution in [0.4, 0.5) is 0 Å². The van der Waals surface area contributed by atoms with Crippen molar-refractivity contribution in [2.45, 2.75) is 31.6 Å². The summed E-state index contributed by atoms with van der Waals surface area (Å²) in [6.07, 6.45) is 3.81. The Hall–Kier alpha value is -0.120. The molecule has 1 unspecified atom stereocenters. The molecule has 0 aromatic carbocycles. The summed E-state index contributed by atoms with van der Waals surface area (Å²) in [5.41, 5.74) is 0. The van der Waals surface area contributed by atoms with E-state index < -0.39 is 0 Å². The summed E-state index contributed by atoms with van der Waals surface area (Å²) in [5, 5.41) is 3.23. The molecule has 1 saturated carbocycles. The second-order valence-electron chi connectivity index (χ2n) is 3.41. The third kappa shape index (κ3) is 2.73. The SMILES string of the molecule is CNC(CC1CC1)C(OC)OC. The van der Waals surface area contributed by atoms with E-state index in [1.165, 1.54) is 19.3 Å². The average Bonchev–Trinajstić information content (AvgIpc) is 2.88. The van der Waals surface area contributed by atoms with Crippen LogP contribution in [0.25, 0.3) is 0 Å². The second-order valence-corrected chi connectivity index (χ2v) is 3.41. The van der Waals surface area contributed by atoms with E-state index in [2.05, 4.69) is 5.32 Å². The monoisotopic (exact) mass is 173 g/mol. The maximum Gasteiger partial charge on any atom is 0.171 e. The number of hydrogen-bond donors (Lipinski definition) is 1. The highest BCUT2D eigenvalue weighted by Gasteiger charge is 2.29. The molecule has 0 aromatic heterocycles. The molecule has 0 amide bonds. The molecule has 1 N–H and O–H groups in total. The quantitative estimate of drug-likeness (QED) is 0.608. The van der Waals surface area contributed by atoms with Crippen LogP contribution in [0.5, 0.6) is 0 Å². The van der Waals surface area contributed by atoms with Gasteiger partial charge in [-0.2, -0.15) is 0 Å². The zero-order valence-electron chi connectivity index (χ0n) is 8.17. The van der Waals surface area contributed by atoms with Crippen LogP contribution >= 0.6 is 0 Å². The first-order valence-electron chi connectivity index (χ1n) is 4.54. The molecule has 1 fully saturated rings. The first-order chi connectivity index (χ1) is 5.81. The summed E-state index contributed by atoms with van der Waals surface area (Å²) >= 11 is 0. The van der Waals surface area contributed by atoms with E-state index in [4.69, 9.17) is 9.47 Å². The highest BCUT2D eigenvalue weighted by Crippen LogP contribution is 2.34. The van der Waals surface area contributed by atoms with Gasteiger partial charge in [-0.3, -0.25) is 0 Å². The molecule has 0 spiro atoms. The van der Waals surface area contributed by atoms with Crippen LogP contribution in [0.3, 0.4) is 0 Å². The third-order valence-electron chi connectivity index (χ3n) is 2.45. The highest BCUT2D eigenvalue weighted by atomic mass is 16.7. The van der Waals surface area contributed by atoms with E-state index in [0.717, 1.165) is 5.92 Å². The number of ether oxygens (including phenoxy) is 2. The molecule has 3 heteroatoms. The average molecular weight is 173 g/mol. The van der Waals surface area contributed by atoms with Gasteiger partial charge in [-0.25, -0.2) is 0 Å². The predicted molar refractivity (Wildman–Crippen MR) is 48.0 cm³/mol. The fourth-order valence-electron chi connectivity index (χ4n) is 1.50. The molecule has 1 rings (SSSR count). The first kappa shape index (κ1) is 9.96. The van der Waals surface area contributed by atoms with Gasteiger partial charge in [0.05, 0.1) is 6.04 Å². The Morgan fingerprint density at radius 1 is 1.33 bits per heavy atom. The topological polar surface area (TPSA) is 30.5 Å². The van der Waals surface area contributed by atoms with Gasteiger partial charge in [0.15, 0.2) is 6.29 Å². The van der Waals surface area contributed by atoms with Crippen molar-refractivity contribution in [2.24, 2.45) is 5.92 Å². The molecule has 0 heterocycles. The van der Waals surface area contributed by atoms with Gasteiger partial charge in [0.1, 0.15) is 0 Å². The lowest BCUT2D eigenvalue weighted by Crippen LogP contribution is -2.40. The zero-order valence-corrected chi connectivity index (χ0v) is 8.17. The standard InChI is InChI=1S/C9H19NO2/c1-10-8(6-7-4-5-7)9(11-2)12-3/h7-10H,4-6H2,1-3H3.